The van der Waals surface area contributed by atoms with Gasteiger partial charge in [0.15, 0.2) is 0 Å². The van der Waals surface area contributed by atoms with Crippen LogP contribution in [0, 0.1) is 12.8 Å². The molecule has 2 atom stereocenters. The van der Waals surface area contributed by atoms with Gasteiger partial charge in [0.05, 0.1) is 12.2 Å². The molecule has 0 radical (unpaired) electrons. The first-order valence-electron chi connectivity index (χ1n) is 7.22. The van der Waals surface area contributed by atoms with E-state index in [1.807, 2.05) is 38.1 Å². The molecule has 0 saturated carbocycles. The maximum atomic E-state index is 10.3. The maximum absolute atomic E-state index is 10.3. The first kappa shape index (κ1) is 14.5. The molecule has 1 heterocycles. The van der Waals surface area contributed by atoms with Gasteiger partial charge in [-0.1, -0.05) is 24.3 Å². The molecule has 2 N–H and O–H groups in total. The lowest BCUT2D eigenvalue weighted by Gasteiger charge is -2.34. The van der Waals surface area contributed by atoms with Crippen molar-refractivity contribution in [2.45, 2.75) is 38.9 Å². The standard InChI is InChI=1S/C16H25NO2/c1-12-5-3-4-6-15(12)16(19)11-17-9-7-14(8-10-17)13(2)18/h3-6,13-14,16,18-19H,7-11H2,1-2H3. The van der Waals surface area contributed by atoms with Crippen LogP contribution in [0.1, 0.15) is 37.0 Å². The lowest BCUT2D eigenvalue weighted by molar-refractivity contribution is 0.0484. The van der Waals surface area contributed by atoms with Crippen LogP contribution in [0.3, 0.4) is 0 Å². The molecule has 0 bridgehead atoms. The van der Waals surface area contributed by atoms with E-state index in [2.05, 4.69) is 4.90 Å². The monoisotopic (exact) mass is 263 g/mol. The number of hydrogen-bond donors (Lipinski definition) is 2. The molecule has 0 amide bonds. The highest BCUT2D eigenvalue weighted by molar-refractivity contribution is 5.27. The maximum Gasteiger partial charge on any atom is 0.0919 e. The average molecular weight is 263 g/mol. The molecule has 1 aromatic rings. The summed E-state index contributed by atoms with van der Waals surface area (Å²) in [5.41, 5.74) is 2.18. The van der Waals surface area contributed by atoms with Crippen molar-refractivity contribution in [1.29, 1.82) is 0 Å². The van der Waals surface area contributed by atoms with Crippen molar-refractivity contribution in [3.8, 4) is 0 Å². The Labute approximate surface area is 115 Å². The molecule has 2 rings (SSSR count). The topological polar surface area (TPSA) is 43.7 Å². The third kappa shape index (κ3) is 3.78. The van der Waals surface area contributed by atoms with Gasteiger partial charge in [-0.25, -0.2) is 0 Å². The quantitative estimate of drug-likeness (QED) is 0.874. The number of benzene rings is 1. The van der Waals surface area contributed by atoms with E-state index in [-0.39, 0.29) is 6.10 Å². The fourth-order valence-electron chi connectivity index (χ4n) is 2.92. The summed E-state index contributed by atoms with van der Waals surface area (Å²) >= 11 is 0. The lowest BCUT2D eigenvalue weighted by atomic mass is 9.92. The van der Waals surface area contributed by atoms with Crippen LogP contribution in [0.15, 0.2) is 24.3 Å². The summed E-state index contributed by atoms with van der Waals surface area (Å²) in [4.78, 5) is 2.30. The Morgan fingerprint density at radius 3 is 2.42 bits per heavy atom. The molecule has 3 heteroatoms. The molecule has 106 valence electrons. The van der Waals surface area contributed by atoms with Gasteiger partial charge in [-0.05, 0) is 56.8 Å². The summed E-state index contributed by atoms with van der Waals surface area (Å²) < 4.78 is 0. The van der Waals surface area contributed by atoms with E-state index in [4.69, 9.17) is 0 Å². The summed E-state index contributed by atoms with van der Waals surface area (Å²) in [7, 11) is 0. The predicted molar refractivity (Wildman–Crippen MR) is 77.0 cm³/mol. The SMILES string of the molecule is Cc1ccccc1C(O)CN1CCC(C(C)O)CC1. The summed E-state index contributed by atoms with van der Waals surface area (Å²) in [6, 6.07) is 8.02. The third-order valence-electron chi connectivity index (χ3n) is 4.29. The number of piperidine rings is 1. The van der Waals surface area contributed by atoms with Gasteiger partial charge >= 0.3 is 0 Å². The smallest absolute Gasteiger partial charge is 0.0919 e. The summed E-state index contributed by atoms with van der Waals surface area (Å²) in [6.07, 6.45) is 1.43. The normalized spacial score (nSPS) is 21.3. The Morgan fingerprint density at radius 1 is 1.21 bits per heavy atom. The minimum Gasteiger partial charge on any atom is -0.393 e. The van der Waals surface area contributed by atoms with Crippen LogP contribution in [0.2, 0.25) is 0 Å². The number of nitrogens with zero attached hydrogens (tertiary/aromatic N) is 1. The number of aliphatic hydroxyl groups is 2. The number of aliphatic hydroxyl groups excluding tert-OH is 2. The zero-order chi connectivity index (χ0) is 13.8. The molecule has 2 unspecified atom stereocenters. The van der Waals surface area contributed by atoms with E-state index in [0.29, 0.717) is 12.5 Å². The van der Waals surface area contributed by atoms with Crippen molar-refractivity contribution in [1.82, 2.24) is 4.90 Å². The van der Waals surface area contributed by atoms with Crippen LogP contribution >= 0.6 is 0 Å². The van der Waals surface area contributed by atoms with E-state index in [1.165, 1.54) is 0 Å². The molecular formula is C16H25NO2. The van der Waals surface area contributed by atoms with Gasteiger partial charge in [0.1, 0.15) is 0 Å². The predicted octanol–water partition coefficient (Wildman–Crippen LogP) is 2.12. The minimum atomic E-state index is -0.413. The molecule has 0 aromatic heterocycles. The molecular weight excluding hydrogens is 238 g/mol. The largest absolute Gasteiger partial charge is 0.393 e. The Kier molecular flexibility index (Phi) is 4.97. The number of rotatable bonds is 4. The lowest BCUT2D eigenvalue weighted by Crippen LogP contribution is -2.39. The van der Waals surface area contributed by atoms with Gasteiger partial charge in [0.25, 0.3) is 0 Å². The molecule has 0 aliphatic carbocycles. The van der Waals surface area contributed by atoms with Crippen LogP contribution in [0.25, 0.3) is 0 Å². The van der Waals surface area contributed by atoms with Gasteiger partial charge in [-0.2, -0.15) is 0 Å². The number of hydrogen-bond acceptors (Lipinski definition) is 3. The van der Waals surface area contributed by atoms with Crippen molar-refractivity contribution < 1.29 is 10.2 Å². The molecule has 1 aliphatic rings. The summed E-state index contributed by atoms with van der Waals surface area (Å²) in [5, 5.41) is 19.9. The van der Waals surface area contributed by atoms with Crippen molar-refractivity contribution in [2.75, 3.05) is 19.6 Å². The van der Waals surface area contributed by atoms with Gasteiger partial charge in [-0.3, -0.25) is 0 Å². The number of aryl methyl sites for hydroxylation is 1. The van der Waals surface area contributed by atoms with Gasteiger partial charge in [-0.15, -0.1) is 0 Å². The fourth-order valence-corrected chi connectivity index (χ4v) is 2.92. The molecule has 19 heavy (non-hydrogen) atoms. The van der Waals surface area contributed by atoms with E-state index >= 15 is 0 Å². The molecule has 1 saturated heterocycles. The van der Waals surface area contributed by atoms with Crippen molar-refractivity contribution >= 4 is 0 Å². The number of β-amino-alcohol motifs (C(OH)–C–C–N with tert-alkyl or cyclic N) is 1. The van der Waals surface area contributed by atoms with Crippen molar-refractivity contribution in [3.05, 3.63) is 35.4 Å². The second-order valence-corrected chi connectivity index (χ2v) is 5.75. The summed E-state index contributed by atoms with van der Waals surface area (Å²) in [5.74, 6) is 0.423. The van der Waals surface area contributed by atoms with E-state index < -0.39 is 6.10 Å². The van der Waals surface area contributed by atoms with Crippen LogP contribution in [0.4, 0.5) is 0 Å². The van der Waals surface area contributed by atoms with Crippen molar-refractivity contribution in [2.24, 2.45) is 5.92 Å². The summed E-state index contributed by atoms with van der Waals surface area (Å²) in [6.45, 7) is 6.55. The van der Waals surface area contributed by atoms with Gasteiger partial charge in [0, 0.05) is 6.54 Å². The molecule has 1 aromatic carbocycles. The average Bonchev–Trinajstić information content (AvgIpc) is 2.39. The van der Waals surface area contributed by atoms with Crippen molar-refractivity contribution in [3.63, 3.8) is 0 Å². The zero-order valence-electron chi connectivity index (χ0n) is 11.9. The highest BCUT2D eigenvalue weighted by Gasteiger charge is 2.24. The first-order chi connectivity index (χ1) is 9.08. The van der Waals surface area contributed by atoms with Gasteiger partial charge < -0.3 is 15.1 Å². The van der Waals surface area contributed by atoms with Crippen LogP contribution in [-0.4, -0.2) is 40.9 Å². The number of likely N-dealkylation sites (tertiary alicyclic amines) is 1. The van der Waals surface area contributed by atoms with E-state index in [0.717, 1.165) is 37.1 Å². The van der Waals surface area contributed by atoms with Crippen LogP contribution in [-0.2, 0) is 0 Å². The van der Waals surface area contributed by atoms with Crippen LogP contribution < -0.4 is 0 Å². The molecule has 0 spiro atoms. The third-order valence-corrected chi connectivity index (χ3v) is 4.29. The highest BCUT2D eigenvalue weighted by Crippen LogP contribution is 2.24. The minimum absolute atomic E-state index is 0.205. The first-order valence-corrected chi connectivity index (χ1v) is 7.22. The van der Waals surface area contributed by atoms with Gasteiger partial charge in [0.2, 0.25) is 0 Å². The fraction of sp³-hybridized carbons (Fsp3) is 0.625. The molecule has 3 nitrogen and oxygen atoms in total. The second kappa shape index (κ2) is 6.51. The Morgan fingerprint density at radius 2 is 1.84 bits per heavy atom. The van der Waals surface area contributed by atoms with E-state index in [9.17, 15) is 10.2 Å². The second-order valence-electron chi connectivity index (χ2n) is 5.75. The van der Waals surface area contributed by atoms with E-state index in [1.54, 1.807) is 0 Å². The Balaban J connectivity index is 1.87. The molecule has 1 fully saturated rings. The Bertz CT molecular complexity index is 397. The van der Waals surface area contributed by atoms with Crippen LogP contribution in [0.5, 0.6) is 0 Å². The molecule has 1 aliphatic heterocycles. The zero-order valence-corrected chi connectivity index (χ0v) is 11.9. The highest BCUT2D eigenvalue weighted by atomic mass is 16.3. The Hall–Kier alpha value is -0.900.